The van der Waals surface area contributed by atoms with Gasteiger partial charge in [0.2, 0.25) is 0 Å². The molecular weight excluding hydrogens is 236 g/mol. The van der Waals surface area contributed by atoms with Crippen molar-refractivity contribution in [1.82, 2.24) is 0 Å². The van der Waals surface area contributed by atoms with Crippen molar-refractivity contribution in [3.8, 4) is 0 Å². The Bertz CT molecular complexity index is 384. The fraction of sp³-hybridized carbons (Fsp3) is 0.200. The van der Waals surface area contributed by atoms with Crippen molar-refractivity contribution in [2.75, 3.05) is 22.9 Å². The van der Waals surface area contributed by atoms with Crippen LogP contribution in [0.5, 0.6) is 0 Å². The number of anilines is 4. The third kappa shape index (κ3) is 7.54. The van der Waals surface area contributed by atoms with Crippen LogP contribution in [0.4, 0.5) is 22.7 Å². The minimum atomic E-state index is 0.646. The molecule has 0 unspecified atom stereocenters. The van der Waals surface area contributed by atoms with Crippen LogP contribution in [0.15, 0.2) is 48.5 Å². The lowest BCUT2D eigenvalue weighted by Gasteiger charge is -1.94. The van der Waals surface area contributed by atoms with Gasteiger partial charge in [-0.05, 0) is 24.3 Å². The molecule has 2 rings (SSSR count). The number of rotatable bonds is 0. The van der Waals surface area contributed by atoms with Crippen molar-refractivity contribution in [2.45, 2.75) is 20.3 Å². The van der Waals surface area contributed by atoms with Gasteiger partial charge in [-0.2, -0.15) is 0 Å². The molecule has 4 nitrogen and oxygen atoms in total. The maximum Gasteiger partial charge on any atom is 0.0547 e. The van der Waals surface area contributed by atoms with E-state index >= 15 is 0 Å². The second-order valence-corrected chi connectivity index (χ2v) is 3.96. The molecule has 0 spiro atoms. The summed E-state index contributed by atoms with van der Waals surface area (Å²) in [6, 6.07) is 14.5. The molecule has 0 atom stereocenters. The lowest BCUT2D eigenvalue weighted by Crippen LogP contribution is -1.91. The van der Waals surface area contributed by atoms with Crippen LogP contribution in [0.3, 0.4) is 0 Å². The number of hydrogen-bond acceptors (Lipinski definition) is 4. The number of nitrogens with two attached hydrogens (primary N) is 4. The minimum absolute atomic E-state index is 0.646. The molecule has 0 saturated carbocycles. The average molecular weight is 260 g/mol. The highest BCUT2D eigenvalue weighted by Crippen LogP contribution is 2.11. The van der Waals surface area contributed by atoms with Crippen molar-refractivity contribution in [2.24, 2.45) is 0 Å². The molecular formula is C15H24N4. The summed E-state index contributed by atoms with van der Waals surface area (Å²) in [7, 11) is 0. The molecule has 4 heteroatoms. The largest absolute Gasteiger partial charge is 0.397 e. The van der Waals surface area contributed by atoms with Gasteiger partial charge in [-0.3, -0.25) is 0 Å². The molecule has 0 bridgehead atoms. The van der Waals surface area contributed by atoms with Gasteiger partial charge in [0, 0.05) is 0 Å². The zero-order valence-corrected chi connectivity index (χ0v) is 11.6. The van der Waals surface area contributed by atoms with E-state index in [4.69, 9.17) is 22.9 Å². The molecule has 0 amide bonds. The maximum absolute atomic E-state index is 5.39. The molecule has 0 aliphatic rings. The Labute approximate surface area is 115 Å². The van der Waals surface area contributed by atoms with Gasteiger partial charge in [0.25, 0.3) is 0 Å². The molecule has 0 heterocycles. The molecule has 0 aromatic heterocycles. The first-order valence-electron chi connectivity index (χ1n) is 6.22. The van der Waals surface area contributed by atoms with Crippen LogP contribution >= 0.6 is 0 Å². The lowest BCUT2D eigenvalue weighted by atomic mass is 10.3. The summed E-state index contributed by atoms with van der Waals surface area (Å²) in [5.41, 5.74) is 24.2. The predicted octanol–water partition coefficient (Wildman–Crippen LogP) is 3.12. The first kappa shape index (κ1) is 16.6. The Morgan fingerprint density at radius 3 is 0.842 bits per heavy atom. The van der Waals surface area contributed by atoms with E-state index in [1.165, 1.54) is 6.42 Å². The molecule has 0 fully saturated rings. The summed E-state index contributed by atoms with van der Waals surface area (Å²) in [5, 5.41) is 0. The van der Waals surface area contributed by atoms with E-state index in [1.54, 1.807) is 24.3 Å². The van der Waals surface area contributed by atoms with Crippen LogP contribution in [0.25, 0.3) is 0 Å². The van der Waals surface area contributed by atoms with Gasteiger partial charge in [0.05, 0.1) is 22.7 Å². The highest BCUT2D eigenvalue weighted by molar-refractivity contribution is 5.62. The Hall–Kier alpha value is -2.36. The first-order chi connectivity index (χ1) is 9.02. The normalized spacial score (nSPS) is 8.53. The van der Waals surface area contributed by atoms with Gasteiger partial charge in [0.15, 0.2) is 0 Å². The molecule has 2 aromatic rings. The molecule has 104 valence electrons. The zero-order valence-electron chi connectivity index (χ0n) is 11.6. The fourth-order valence-corrected chi connectivity index (χ4v) is 1.02. The van der Waals surface area contributed by atoms with Crippen LogP contribution in [-0.4, -0.2) is 0 Å². The maximum atomic E-state index is 5.39. The quantitative estimate of drug-likeness (QED) is 0.546. The monoisotopic (exact) mass is 260 g/mol. The molecule has 0 aliphatic heterocycles. The number of hydrogen-bond donors (Lipinski definition) is 4. The smallest absolute Gasteiger partial charge is 0.0547 e. The Morgan fingerprint density at radius 2 is 0.737 bits per heavy atom. The second kappa shape index (κ2) is 9.65. The van der Waals surface area contributed by atoms with Crippen molar-refractivity contribution in [3.63, 3.8) is 0 Å². The van der Waals surface area contributed by atoms with E-state index in [9.17, 15) is 0 Å². The predicted molar refractivity (Wildman–Crippen MR) is 86.5 cm³/mol. The van der Waals surface area contributed by atoms with Gasteiger partial charge in [-0.25, -0.2) is 0 Å². The standard InChI is InChI=1S/2C6H8N2.C3H8/c2*7-5-3-1-2-4-6(5)8;1-3-2/h2*1-4H,7-8H2;3H2,1-2H3. The molecule has 2 aromatic carbocycles. The lowest BCUT2D eigenvalue weighted by molar-refractivity contribution is 1.09. The minimum Gasteiger partial charge on any atom is -0.397 e. The third-order valence-electron chi connectivity index (χ3n) is 1.99. The highest BCUT2D eigenvalue weighted by Gasteiger charge is 1.85. The molecule has 19 heavy (non-hydrogen) atoms. The number of para-hydroxylation sites is 4. The summed E-state index contributed by atoms with van der Waals surface area (Å²) < 4.78 is 0. The summed E-state index contributed by atoms with van der Waals surface area (Å²) in [6.45, 7) is 4.25. The Balaban J connectivity index is 0.000000284. The van der Waals surface area contributed by atoms with Crippen LogP contribution in [0.1, 0.15) is 20.3 Å². The van der Waals surface area contributed by atoms with E-state index in [0.29, 0.717) is 22.7 Å². The van der Waals surface area contributed by atoms with Crippen molar-refractivity contribution < 1.29 is 0 Å². The van der Waals surface area contributed by atoms with Crippen LogP contribution in [-0.2, 0) is 0 Å². The Kier molecular flexibility index (Phi) is 8.45. The van der Waals surface area contributed by atoms with Crippen molar-refractivity contribution >= 4 is 22.7 Å². The second-order valence-electron chi connectivity index (χ2n) is 3.96. The van der Waals surface area contributed by atoms with Gasteiger partial charge >= 0.3 is 0 Å². The first-order valence-corrected chi connectivity index (χ1v) is 6.22. The summed E-state index contributed by atoms with van der Waals surface area (Å²) >= 11 is 0. The third-order valence-corrected chi connectivity index (χ3v) is 1.99. The van der Waals surface area contributed by atoms with Crippen molar-refractivity contribution in [1.29, 1.82) is 0 Å². The van der Waals surface area contributed by atoms with E-state index in [-0.39, 0.29) is 0 Å². The number of benzene rings is 2. The van der Waals surface area contributed by atoms with E-state index in [0.717, 1.165) is 0 Å². The molecule has 0 saturated heterocycles. The molecule has 0 radical (unpaired) electrons. The zero-order chi connectivity index (χ0) is 14.7. The van der Waals surface area contributed by atoms with Crippen LogP contribution < -0.4 is 22.9 Å². The SMILES string of the molecule is CCC.Nc1ccccc1N.Nc1ccccc1N. The van der Waals surface area contributed by atoms with Crippen LogP contribution in [0.2, 0.25) is 0 Å². The van der Waals surface area contributed by atoms with E-state index < -0.39 is 0 Å². The Morgan fingerprint density at radius 1 is 0.579 bits per heavy atom. The molecule has 0 aliphatic carbocycles. The van der Waals surface area contributed by atoms with E-state index in [1.807, 2.05) is 24.3 Å². The topological polar surface area (TPSA) is 104 Å². The average Bonchev–Trinajstić information content (AvgIpc) is 2.38. The summed E-state index contributed by atoms with van der Waals surface area (Å²) in [5.74, 6) is 0. The van der Waals surface area contributed by atoms with Gasteiger partial charge in [0.1, 0.15) is 0 Å². The van der Waals surface area contributed by atoms with Gasteiger partial charge in [-0.1, -0.05) is 44.5 Å². The van der Waals surface area contributed by atoms with E-state index in [2.05, 4.69) is 13.8 Å². The van der Waals surface area contributed by atoms with Crippen LogP contribution in [0, 0.1) is 0 Å². The van der Waals surface area contributed by atoms with Crippen molar-refractivity contribution in [3.05, 3.63) is 48.5 Å². The van der Waals surface area contributed by atoms with Gasteiger partial charge in [-0.15, -0.1) is 0 Å². The fourth-order valence-electron chi connectivity index (χ4n) is 1.02. The summed E-state index contributed by atoms with van der Waals surface area (Å²) in [6.07, 6.45) is 1.25. The van der Waals surface area contributed by atoms with Gasteiger partial charge < -0.3 is 22.9 Å². The highest BCUT2D eigenvalue weighted by atomic mass is 14.7. The summed E-state index contributed by atoms with van der Waals surface area (Å²) in [4.78, 5) is 0. The molecule has 8 N–H and O–H groups in total. The number of nitrogen functional groups attached to an aromatic ring is 4.